The number of benzene rings is 1. The average molecular weight is 279 g/mol. The lowest BCUT2D eigenvalue weighted by molar-refractivity contribution is -0.145. The van der Waals surface area contributed by atoms with E-state index in [1.165, 1.54) is 6.07 Å². The van der Waals surface area contributed by atoms with E-state index in [1.807, 2.05) is 0 Å². The van der Waals surface area contributed by atoms with Gasteiger partial charge >= 0.3 is 0 Å². The molecule has 3 N–H and O–H groups in total. The third kappa shape index (κ3) is 2.71. The fraction of sp³-hybridized carbons (Fsp3) is 0.429. The van der Waals surface area contributed by atoms with Crippen molar-refractivity contribution in [3.63, 3.8) is 0 Å². The van der Waals surface area contributed by atoms with Gasteiger partial charge in [0.15, 0.2) is 0 Å². The first kappa shape index (κ1) is 14.6. The van der Waals surface area contributed by atoms with E-state index >= 15 is 0 Å². The highest BCUT2D eigenvalue weighted by molar-refractivity contribution is 6.02. The minimum absolute atomic E-state index is 0.0663. The molecule has 5 nitrogen and oxygen atoms in total. The van der Waals surface area contributed by atoms with Crippen LogP contribution >= 0.6 is 0 Å². The van der Waals surface area contributed by atoms with Crippen LogP contribution in [0.4, 0.5) is 4.39 Å². The number of carbonyl (C=O) groups is 2. The van der Waals surface area contributed by atoms with Crippen molar-refractivity contribution in [1.82, 2.24) is 10.2 Å². The molecule has 1 aromatic rings. The Morgan fingerprint density at radius 1 is 1.40 bits per heavy atom. The Hall–Kier alpha value is -1.79. The molecule has 1 saturated heterocycles. The van der Waals surface area contributed by atoms with Gasteiger partial charge in [-0.15, -0.1) is 0 Å². The van der Waals surface area contributed by atoms with Gasteiger partial charge in [0.05, 0.1) is 12.1 Å². The quantitative estimate of drug-likeness (QED) is 0.791. The van der Waals surface area contributed by atoms with Crippen LogP contribution in [0.2, 0.25) is 0 Å². The molecule has 2 rings (SSSR count). The molecule has 0 saturated carbocycles. The molecular formula is C14H18FN3O2. The summed E-state index contributed by atoms with van der Waals surface area (Å²) in [6, 6.07) is 4.77. The molecule has 20 heavy (non-hydrogen) atoms. The van der Waals surface area contributed by atoms with E-state index in [4.69, 9.17) is 5.73 Å². The van der Waals surface area contributed by atoms with Gasteiger partial charge in [0, 0.05) is 18.7 Å². The second-order valence-electron chi connectivity index (χ2n) is 5.42. The van der Waals surface area contributed by atoms with Gasteiger partial charge in [0.25, 0.3) is 0 Å². The van der Waals surface area contributed by atoms with Crippen LogP contribution in [-0.2, 0) is 22.7 Å². The number of hydrogen-bond acceptors (Lipinski definition) is 4. The first-order valence-corrected chi connectivity index (χ1v) is 6.41. The van der Waals surface area contributed by atoms with Crippen molar-refractivity contribution in [1.29, 1.82) is 0 Å². The molecule has 1 aliphatic rings. The molecule has 1 aromatic carbocycles. The van der Waals surface area contributed by atoms with Crippen molar-refractivity contribution in [2.45, 2.75) is 32.5 Å². The van der Waals surface area contributed by atoms with Crippen LogP contribution in [0, 0.1) is 5.82 Å². The van der Waals surface area contributed by atoms with Crippen LogP contribution in [0.15, 0.2) is 18.2 Å². The van der Waals surface area contributed by atoms with E-state index in [1.54, 1.807) is 30.9 Å². The Morgan fingerprint density at radius 3 is 2.70 bits per heavy atom. The molecule has 0 aromatic heterocycles. The number of nitrogens with one attached hydrogen (secondary N) is 1. The normalized spacial score (nSPS) is 19.0. The first-order valence-electron chi connectivity index (χ1n) is 6.41. The molecular weight excluding hydrogens is 261 g/mol. The minimum atomic E-state index is -0.854. The van der Waals surface area contributed by atoms with E-state index in [0.717, 1.165) is 0 Å². The lowest BCUT2D eigenvalue weighted by atomic mass is 9.97. The zero-order valence-electron chi connectivity index (χ0n) is 11.6. The van der Waals surface area contributed by atoms with E-state index < -0.39 is 5.54 Å². The molecule has 0 radical (unpaired) electrons. The summed E-state index contributed by atoms with van der Waals surface area (Å²) in [6.45, 7) is 3.95. The van der Waals surface area contributed by atoms with E-state index in [9.17, 15) is 14.0 Å². The number of amides is 2. The van der Waals surface area contributed by atoms with Crippen LogP contribution in [0.25, 0.3) is 0 Å². The average Bonchev–Trinajstić information content (AvgIpc) is 2.38. The topological polar surface area (TPSA) is 75.4 Å². The van der Waals surface area contributed by atoms with Gasteiger partial charge in [-0.1, -0.05) is 12.1 Å². The van der Waals surface area contributed by atoms with Crippen LogP contribution in [-0.4, -0.2) is 28.8 Å². The third-order valence-electron chi connectivity index (χ3n) is 3.65. The van der Waals surface area contributed by atoms with E-state index in [2.05, 4.69) is 5.32 Å². The number of rotatable bonds is 3. The third-order valence-corrected chi connectivity index (χ3v) is 3.65. The number of nitrogens with two attached hydrogens (primary N) is 1. The molecule has 1 heterocycles. The Balaban J connectivity index is 2.24. The predicted molar refractivity (Wildman–Crippen MR) is 71.9 cm³/mol. The highest BCUT2D eigenvalue weighted by Crippen LogP contribution is 2.22. The second kappa shape index (κ2) is 5.30. The van der Waals surface area contributed by atoms with Gasteiger partial charge in [-0.3, -0.25) is 19.8 Å². The van der Waals surface area contributed by atoms with Crippen LogP contribution in [0.1, 0.15) is 25.0 Å². The zero-order chi connectivity index (χ0) is 14.9. The second-order valence-corrected chi connectivity index (χ2v) is 5.42. The number of imide groups is 1. The zero-order valence-corrected chi connectivity index (χ0v) is 11.6. The van der Waals surface area contributed by atoms with Crippen LogP contribution < -0.4 is 11.1 Å². The summed E-state index contributed by atoms with van der Waals surface area (Å²) in [5, 5.41) is 2.29. The van der Waals surface area contributed by atoms with Gasteiger partial charge < -0.3 is 5.73 Å². The van der Waals surface area contributed by atoms with Gasteiger partial charge in [-0.2, -0.15) is 0 Å². The predicted octanol–water partition coefficient (Wildman–Crippen LogP) is 0.521. The Bertz CT molecular complexity index is 557. The minimum Gasteiger partial charge on any atom is -0.326 e. The maximum atomic E-state index is 14.0. The summed E-state index contributed by atoms with van der Waals surface area (Å²) in [6.07, 6.45) is 0. The fourth-order valence-electron chi connectivity index (χ4n) is 2.14. The van der Waals surface area contributed by atoms with Gasteiger partial charge in [0.2, 0.25) is 11.8 Å². The van der Waals surface area contributed by atoms with E-state index in [0.29, 0.717) is 11.1 Å². The fourth-order valence-corrected chi connectivity index (χ4v) is 2.14. The molecule has 0 aliphatic carbocycles. The van der Waals surface area contributed by atoms with Gasteiger partial charge in [-0.25, -0.2) is 4.39 Å². The molecule has 1 fully saturated rings. The highest BCUT2D eigenvalue weighted by atomic mass is 19.1. The molecule has 6 heteroatoms. The standard InChI is InChI=1S/C14H18FN3O2/c1-14(2)13(20)17-12(19)8-18(14)7-10-4-3-9(6-16)5-11(10)15/h3-5H,6-8,16H2,1-2H3,(H,17,19,20). The summed E-state index contributed by atoms with van der Waals surface area (Å²) in [4.78, 5) is 25.0. The van der Waals surface area contributed by atoms with Crippen molar-refractivity contribution in [2.75, 3.05) is 6.54 Å². The van der Waals surface area contributed by atoms with Crippen molar-refractivity contribution in [3.8, 4) is 0 Å². The van der Waals surface area contributed by atoms with E-state index in [-0.39, 0.29) is 37.3 Å². The SMILES string of the molecule is CC1(C)C(=O)NC(=O)CN1Cc1ccc(CN)cc1F. The Morgan fingerprint density at radius 2 is 2.10 bits per heavy atom. The number of hydrogen-bond donors (Lipinski definition) is 2. The molecule has 0 atom stereocenters. The lowest BCUT2D eigenvalue weighted by Gasteiger charge is -2.40. The molecule has 0 spiro atoms. The summed E-state index contributed by atoms with van der Waals surface area (Å²) in [5.74, 6) is -1.11. The largest absolute Gasteiger partial charge is 0.326 e. The van der Waals surface area contributed by atoms with Crippen molar-refractivity contribution in [3.05, 3.63) is 35.1 Å². The summed E-state index contributed by atoms with van der Waals surface area (Å²) in [5.41, 5.74) is 5.75. The lowest BCUT2D eigenvalue weighted by Crippen LogP contribution is -2.63. The smallest absolute Gasteiger partial charge is 0.246 e. The summed E-state index contributed by atoms with van der Waals surface area (Å²) < 4.78 is 14.0. The summed E-state index contributed by atoms with van der Waals surface area (Å²) in [7, 11) is 0. The van der Waals surface area contributed by atoms with Crippen LogP contribution in [0.5, 0.6) is 0 Å². The molecule has 0 bridgehead atoms. The molecule has 108 valence electrons. The molecule has 1 aliphatic heterocycles. The Kier molecular flexibility index (Phi) is 3.87. The Labute approximate surface area is 116 Å². The number of halogens is 1. The summed E-state index contributed by atoms with van der Waals surface area (Å²) >= 11 is 0. The number of carbonyl (C=O) groups excluding carboxylic acids is 2. The highest BCUT2D eigenvalue weighted by Gasteiger charge is 2.40. The van der Waals surface area contributed by atoms with Crippen molar-refractivity contribution >= 4 is 11.8 Å². The monoisotopic (exact) mass is 279 g/mol. The maximum absolute atomic E-state index is 14.0. The molecule has 2 amide bonds. The maximum Gasteiger partial charge on any atom is 0.246 e. The number of nitrogens with zero attached hydrogens (tertiary/aromatic N) is 1. The van der Waals surface area contributed by atoms with Crippen molar-refractivity contribution < 1.29 is 14.0 Å². The van der Waals surface area contributed by atoms with Gasteiger partial charge in [-0.05, 0) is 25.5 Å². The van der Waals surface area contributed by atoms with Gasteiger partial charge in [0.1, 0.15) is 5.82 Å². The molecule has 0 unspecified atom stereocenters. The van der Waals surface area contributed by atoms with Crippen molar-refractivity contribution in [2.24, 2.45) is 5.73 Å². The number of piperazine rings is 1. The first-order chi connectivity index (χ1) is 9.34. The van der Waals surface area contributed by atoms with Crippen LogP contribution in [0.3, 0.4) is 0 Å².